The molecule has 1 unspecified atom stereocenters. The van der Waals surface area contributed by atoms with Crippen molar-refractivity contribution in [2.24, 2.45) is 5.10 Å². The Morgan fingerprint density at radius 3 is 2.76 bits per heavy atom. The molecule has 7 nitrogen and oxygen atoms in total. The SMILES string of the molecule is Cc1cc(Br)ccc1NC(=O)C1=NN(C2CCS(=O)(=O)C2)C(=O)CC1. The number of nitrogens with one attached hydrogen (secondary N) is 1. The van der Waals surface area contributed by atoms with Crippen molar-refractivity contribution >= 4 is 49.0 Å². The molecular formula is C16H18BrN3O4S. The Balaban J connectivity index is 1.77. The lowest BCUT2D eigenvalue weighted by molar-refractivity contribution is -0.133. The fraction of sp³-hybridized carbons (Fsp3) is 0.438. The molecule has 1 aromatic carbocycles. The first-order chi connectivity index (χ1) is 11.7. The molecule has 2 aliphatic rings. The zero-order valence-corrected chi connectivity index (χ0v) is 16.1. The minimum absolute atomic E-state index is 0.0522. The zero-order valence-electron chi connectivity index (χ0n) is 13.7. The molecule has 0 bridgehead atoms. The number of hydrogen-bond donors (Lipinski definition) is 1. The third-order valence-corrected chi connectivity index (χ3v) is 6.56. The van der Waals surface area contributed by atoms with Gasteiger partial charge in [0.2, 0.25) is 5.91 Å². The summed E-state index contributed by atoms with van der Waals surface area (Å²) in [5, 5.41) is 8.16. The Kier molecular flexibility index (Phi) is 4.97. The Morgan fingerprint density at radius 2 is 2.12 bits per heavy atom. The second-order valence-corrected chi connectivity index (χ2v) is 9.40. The first-order valence-corrected chi connectivity index (χ1v) is 10.5. The van der Waals surface area contributed by atoms with Crippen LogP contribution in [0.5, 0.6) is 0 Å². The summed E-state index contributed by atoms with van der Waals surface area (Å²) in [6, 6.07) is 5.02. The van der Waals surface area contributed by atoms with Crippen molar-refractivity contribution in [3.05, 3.63) is 28.2 Å². The molecule has 2 aliphatic heterocycles. The molecule has 0 radical (unpaired) electrons. The molecule has 0 aliphatic carbocycles. The summed E-state index contributed by atoms with van der Waals surface area (Å²) in [6.07, 6.45) is 0.761. The Morgan fingerprint density at radius 1 is 1.36 bits per heavy atom. The number of carbonyl (C=O) groups excluding carboxylic acids is 2. The van der Waals surface area contributed by atoms with Crippen molar-refractivity contribution < 1.29 is 18.0 Å². The number of hydrogen-bond acceptors (Lipinski definition) is 5. The number of halogens is 1. The van der Waals surface area contributed by atoms with Crippen molar-refractivity contribution in [1.29, 1.82) is 0 Å². The molecule has 2 amide bonds. The van der Waals surface area contributed by atoms with Crippen LogP contribution in [0.2, 0.25) is 0 Å². The molecule has 1 saturated heterocycles. The van der Waals surface area contributed by atoms with Crippen LogP contribution in [0, 0.1) is 6.92 Å². The molecule has 0 saturated carbocycles. The average Bonchev–Trinajstić information content (AvgIpc) is 2.90. The number of hydrazone groups is 1. The number of amides is 2. The summed E-state index contributed by atoms with van der Waals surface area (Å²) in [5.74, 6) is -0.651. The summed E-state index contributed by atoms with van der Waals surface area (Å²) >= 11 is 3.37. The van der Waals surface area contributed by atoms with E-state index in [9.17, 15) is 18.0 Å². The predicted molar refractivity (Wildman–Crippen MR) is 98.1 cm³/mol. The van der Waals surface area contributed by atoms with E-state index in [0.717, 1.165) is 10.0 Å². The van der Waals surface area contributed by atoms with Crippen LogP contribution in [0.1, 0.15) is 24.8 Å². The van der Waals surface area contributed by atoms with Gasteiger partial charge in [-0.05, 0) is 37.1 Å². The highest BCUT2D eigenvalue weighted by Crippen LogP contribution is 2.23. The Labute approximate surface area is 154 Å². The van der Waals surface area contributed by atoms with Crippen molar-refractivity contribution in [2.75, 3.05) is 16.8 Å². The molecular weight excluding hydrogens is 410 g/mol. The van der Waals surface area contributed by atoms with E-state index in [1.165, 1.54) is 5.01 Å². The standard InChI is InChI=1S/C16H18BrN3O4S/c1-10-8-11(17)2-3-13(10)18-16(22)14-4-5-15(21)20(19-14)12-6-7-25(23,24)9-12/h2-3,8,12H,4-7,9H2,1H3,(H,18,22). The molecule has 0 spiro atoms. The minimum atomic E-state index is -3.13. The van der Waals surface area contributed by atoms with Gasteiger partial charge in [-0.15, -0.1) is 0 Å². The maximum Gasteiger partial charge on any atom is 0.271 e. The van der Waals surface area contributed by atoms with E-state index in [4.69, 9.17) is 0 Å². The van der Waals surface area contributed by atoms with Crippen LogP contribution >= 0.6 is 15.9 Å². The number of rotatable bonds is 3. The fourth-order valence-electron chi connectivity index (χ4n) is 2.95. The lowest BCUT2D eigenvalue weighted by Crippen LogP contribution is -2.42. The van der Waals surface area contributed by atoms with Gasteiger partial charge in [-0.25, -0.2) is 13.4 Å². The smallest absolute Gasteiger partial charge is 0.271 e. The fourth-order valence-corrected chi connectivity index (χ4v) is 5.12. The van der Waals surface area contributed by atoms with Gasteiger partial charge in [0, 0.05) is 23.0 Å². The van der Waals surface area contributed by atoms with Gasteiger partial charge in [-0.2, -0.15) is 5.10 Å². The normalized spacial score (nSPS) is 22.6. The second-order valence-electron chi connectivity index (χ2n) is 6.26. The van der Waals surface area contributed by atoms with Crippen LogP contribution in [-0.2, 0) is 19.4 Å². The van der Waals surface area contributed by atoms with Gasteiger partial charge in [-0.3, -0.25) is 9.59 Å². The Hall–Kier alpha value is -1.74. The number of nitrogens with zero attached hydrogens (tertiary/aromatic N) is 2. The maximum absolute atomic E-state index is 12.5. The molecule has 1 N–H and O–H groups in total. The number of sulfone groups is 1. The van der Waals surface area contributed by atoms with Crippen molar-refractivity contribution in [1.82, 2.24) is 5.01 Å². The van der Waals surface area contributed by atoms with Gasteiger partial charge in [0.25, 0.3) is 5.91 Å². The average molecular weight is 428 g/mol. The highest BCUT2D eigenvalue weighted by molar-refractivity contribution is 9.10. The van der Waals surface area contributed by atoms with Crippen LogP contribution < -0.4 is 5.32 Å². The van der Waals surface area contributed by atoms with Gasteiger partial charge >= 0.3 is 0 Å². The quantitative estimate of drug-likeness (QED) is 0.795. The van der Waals surface area contributed by atoms with Crippen molar-refractivity contribution in [3.63, 3.8) is 0 Å². The molecule has 1 atom stereocenters. The van der Waals surface area contributed by atoms with Gasteiger partial charge in [0.15, 0.2) is 9.84 Å². The number of anilines is 1. The van der Waals surface area contributed by atoms with Crippen LogP contribution in [-0.4, -0.2) is 48.5 Å². The monoisotopic (exact) mass is 427 g/mol. The summed E-state index contributed by atoms with van der Waals surface area (Å²) in [4.78, 5) is 24.6. The van der Waals surface area contributed by atoms with Crippen LogP contribution in [0.15, 0.2) is 27.8 Å². The van der Waals surface area contributed by atoms with Crippen molar-refractivity contribution in [3.8, 4) is 0 Å². The number of benzene rings is 1. The van der Waals surface area contributed by atoms with Gasteiger partial charge in [-0.1, -0.05) is 15.9 Å². The molecule has 1 aromatic rings. The van der Waals surface area contributed by atoms with Crippen LogP contribution in [0.4, 0.5) is 5.69 Å². The molecule has 9 heteroatoms. The van der Waals surface area contributed by atoms with E-state index in [-0.39, 0.29) is 41.9 Å². The maximum atomic E-state index is 12.5. The topological polar surface area (TPSA) is 95.9 Å². The third kappa shape index (κ3) is 4.09. The number of aryl methyl sites for hydroxylation is 1. The lowest BCUT2D eigenvalue weighted by Gasteiger charge is -2.27. The first kappa shape index (κ1) is 18.1. The summed E-state index contributed by atoms with van der Waals surface area (Å²) in [6.45, 7) is 1.88. The van der Waals surface area contributed by atoms with E-state index in [1.54, 1.807) is 6.07 Å². The summed E-state index contributed by atoms with van der Waals surface area (Å²) in [5.41, 5.74) is 1.81. The van der Waals surface area contributed by atoms with Crippen LogP contribution in [0.25, 0.3) is 0 Å². The summed E-state index contributed by atoms with van der Waals surface area (Å²) in [7, 11) is -3.13. The molecule has 25 heavy (non-hydrogen) atoms. The highest BCUT2D eigenvalue weighted by atomic mass is 79.9. The molecule has 1 fully saturated rings. The minimum Gasteiger partial charge on any atom is -0.321 e. The van der Waals surface area contributed by atoms with E-state index >= 15 is 0 Å². The second kappa shape index (κ2) is 6.87. The zero-order chi connectivity index (χ0) is 18.2. The predicted octanol–water partition coefficient (Wildman–Crippen LogP) is 1.86. The van der Waals surface area contributed by atoms with E-state index < -0.39 is 15.9 Å². The van der Waals surface area contributed by atoms with Crippen LogP contribution in [0.3, 0.4) is 0 Å². The third-order valence-electron chi connectivity index (χ3n) is 4.31. The highest BCUT2D eigenvalue weighted by Gasteiger charge is 2.37. The summed E-state index contributed by atoms with van der Waals surface area (Å²) < 4.78 is 24.2. The number of carbonyl (C=O) groups is 2. The lowest BCUT2D eigenvalue weighted by atomic mass is 10.1. The first-order valence-electron chi connectivity index (χ1n) is 7.92. The van der Waals surface area contributed by atoms with E-state index in [1.807, 2.05) is 19.1 Å². The van der Waals surface area contributed by atoms with E-state index in [2.05, 4.69) is 26.3 Å². The van der Waals surface area contributed by atoms with Gasteiger partial charge in [0.1, 0.15) is 5.71 Å². The van der Waals surface area contributed by atoms with Crippen molar-refractivity contribution in [2.45, 2.75) is 32.2 Å². The Bertz CT molecular complexity index is 866. The molecule has 0 aromatic heterocycles. The molecule has 134 valence electrons. The van der Waals surface area contributed by atoms with Gasteiger partial charge in [0.05, 0.1) is 17.5 Å². The molecule has 3 rings (SSSR count). The van der Waals surface area contributed by atoms with E-state index in [0.29, 0.717) is 12.1 Å². The molecule has 2 heterocycles. The van der Waals surface area contributed by atoms with Gasteiger partial charge < -0.3 is 5.32 Å². The largest absolute Gasteiger partial charge is 0.321 e.